The Labute approximate surface area is 98.6 Å². The molecule has 1 aliphatic heterocycles. The van der Waals surface area contributed by atoms with E-state index in [1.54, 1.807) is 0 Å². The van der Waals surface area contributed by atoms with Gasteiger partial charge in [0.1, 0.15) is 0 Å². The van der Waals surface area contributed by atoms with Crippen LogP contribution in [0.25, 0.3) is 0 Å². The molecule has 0 spiro atoms. The monoisotopic (exact) mass is 227 g/mol. The Kier molecular flexibility index (Phi) is 5.77. The molecule has 1 unspecified atom stereocenters. The van der Waals surface area contributed by atoms with Crippen molar-refractivity contribution in [1.29, 1.82) is 0 Å². The van der Waals surface area contributed by atoms with Gasteiger partial charge in [0.15, 0.2) is 0 Å². The largest absolute Gasteiger partial charge is 0.355 e. The van der Waals surface area contributed by atoms with Gasteiger partial charge in [-0.15, -0.1) is 0 Å². The fourth-order valence-corrected chi connectivity index (χ4v) is 2.08. The van der Waals surface area contributed by atoms with Gasteiger partial charge in [-0.1, -0.05) is 6.92 Å². The average molecular weight is 227 g/mol. The first-order valence-electron chi connectivity index (χ1n) is 6.34. The fourth-order valence-electron chi connectivity index (χ4n) is 2.08. The molecule has 1 aliphatic rings. The van der Waals surface area contributed by atoms with E-state index in [2.05, 4.69) is 24.1 Å². The molecule has 4 heteroatoms. The second-order valence-corrected chi connectivity index (χ2v) is 4.91. The minimum atomic E-state index is 0.0692. The number of rotatable bonds is 5. The lowest BCUT2D eigenvalue weighted by molar-refractivity contribution is -0.121. The lowest BCUT2D eigenvalue weighted by atomic mass is 9.98. The third-order valence-corrected chi connectivity index (χ3v) is 3.41. The molecule has 1 atom stereocenters. The highest BCUT2D eigenvalue weighted by atomic mass is 16.1. The molecular weight excluding hydrogens is 202 g/mol. The maximum Gasteiger partial charge on any atom is 0.221 e. The second-order valence-electron chi connectivity index (χ2n) is 4.91. The lowest BCUT2D eigenvalue weighted by Gasteiger charge is -2.35. The van der Waals surface area contributed by atoms with E-state index in [9.17, 15) is 4.79 Å². The van der Waals surface area contributed by atoms with Gasteiger partial charge in [-0.25, -0.2) is 0 Å². The number of amides is 1. The Morgan fingerprint density at radius 3 is 2.69 bits per heavy atom. The Morgan fingerprint density at radius 2 is 2.12 bits per heavy atom. The fraction of sp³-hybridized carbons (Fsp3) is 0.917. The Hall–Kier alpha value is -0.610. The zero-order chi connectivity index (χ0) is 12.0. The molecule has 0 aliphatic carbocycles. The molecule has 1 amide bonds. The summed E-state index contributed by atoms with van der Waals surface area (Å²) in [5, 5.41) is 2.93. The van der Waals surface area contributed by atoms with Gasteiger partial charge in [0.05, 0.1) is 0 Å². The van der Waals surface area contributed by atoms with Crippen LogP contribution in [-0.2, 0) is 4.79 Å². The minimum absolute atomic E-state index is 0.0692. The minimum Gasteiger partial charge on any atom is -0.355 e. The summed E-state index contributed by atoms with van der Waals surface area (Å²) in [5.74, 6) is 0.926. The summed E-state index contributed by atoms with van der Waals surface area (Å²) in [4.78, 5) is 13.7. The van der Waals surface area contributed by atoms with E-state index in [4.69, 9.17) is 5.73 Å². The molecule has 1 rings (SSSR count). The third-order valence-electron chi connectivity index (χ3n) is 3.41. The SMILES string of the molecule is CC1CCN(C(C)CNC(=O)CCN)CC1. The van der Waals surface area contributed by atoms with Gasteiger partial charge in [0.25, 0.3) is 0 Å². The van der Waals surface area contributed by atoms with Crippen molar-refractivity contribution < 1.29 is 4.79 Å². The first-order valence-corrected chi connectivity index (χ1v) is 6.34. The molecule has 0 aromatic rings. The van der Waals surface area contributed by atoms with Crippen LogP contribution in [0.3, 0.4) is 0 Å². The first kappa shape index (κ1) is 13.5. The van der Waals surface area contributed by atoms with Gasteiger partial charge in [-0.2, -0.15) is 0 Å². The summed E-state index contributed by atoms with van der Waals surface area (Å²) in [5.41, 5.74) is 5.32. The van der Waals surface area contributed by atoms with Crippen LogP contribution < -0.4 is 11.1 Å². The van der Waals surface area contributed by atoms with Crippen molar-refractivity contribution >= 4 is 5.91 Å². The van der Waals surface area contributed by atoms with E-state index in [1.807, 2.05) is 0 Å². The van der Waals surface area contributed by atoms with E-state index in [0.717, 1.165) is 25.6 Å². The topological polar surface area (TPSA) is 58.4 Å². The predicted molar refractivity (Wildman–Crippen MR) is 66.1 cm³/mol. The van der Waals surface area contributed by atoms with Gasteiger partial charge >= 0.3 is 0 Å². The standard InChI is InChI=1S/C12H25N3O/c1-10-4-7-15(8-5-10)11(2)9-14-12(16)3-6-13/h10-11H,3-9,13H2,1-2H3,(H,14,16). The zero-order valence-corrected chi connectivity index (χ0v) is 10.5. The Morgan fingerprint density at radius 1 is 1.50 bits per heavy atom. The number of nitrogens with one attached hydrogen (secondary N) is 1. The molecule has 94 valence electrons. The van der Waals surface area contributed by atoms with Crippen LogP contribution in [0.4, 0.5) is 0 Å². The molecule has 0 bridgehead atoms. The quantitative estimate of drug-likeness (QED) is 0.722. The molecule has 1 heterocycles. The van der Waals surface area contributed by atoms with Gasteiger partial charge < -0.3 is 11.1 Å². The van der Waals surface area contributed by atoms with Crippen molar-refractivity contribution in [2.45, 2.75) is 39.2 Å². The van der Waals surface area contributed by atoms with Crippen molar-refractivity contribution in [1.82, 2.24) is 10.2 Å². The number of carbonyl (C=O) groups is 1. The molecule has 4 nitrogen and oxygen atoms in total. The molecule has 1 fully saturated rings. The molecule has 0 aromatic heterocycles. The first-order chi connectivity index (χ1) is 7.63. The van der Waals surface area contributed by atoms with Crippen LogP contribution in [0, 0.1) is 5.92 Å². The molecule has 0 aromatic carbocycles. The summed E-state index contributed by atoms with van der Waals surface area (Å²) < 4.78 is 0. The maximum absolute atomic E-state index is 11.3. The average Bonchev–Trinajstić information content (AvgIpc) is 2.27. The molecule has 1 saturated heterocycles. The van der Waals surface area contributed by atoms with Crippen LogP contribution >= 0.6 is 0 Å². The molecule has 3 N–H and O–H groups in total. The van der Waals surface area contributed by atoms with Crippen LogP contribution in [0.2, 0.25) is 0 Å². The second kappa shape index (κ2) is 6.86. The predicted octanol–water partition coefficient (Wildman–Crippen LogP) is 0.572. The van der Waals surface area contributed by atoms with E-state index < -0.39 is 0 Å². The van der Waals surface area contributed by atoms with Crippen molar-refractivity contribution in [3.05, 3.63) is 0 Å². The van der Waals surface area contributed by atoms with E-state index in [-0.39, 0.29) is 5.91 Å². The zero-order valence-electron chi connectivity index (χ0n) is 10.5. The van der Waals surface area contributed by atoms with E-state index >= 15 is 0 Å². The maximum atomic E-state index is 11.3. The van der Waals surface area contributed by atoms with Crippen LogP contribution in [-0.4, -0.2) is 43.0 Å². The van der Waals surface area contributed by atoms with Crippen molar-refractivity contribution in [3.63, 3.8) is 0 Å². The van der Waals surface area contributed by atoms with Gasteiger partial charge in [-0.3, -0.25) is 9.69 Å². The summed E-state index contributed by atoms with van der Waals surface area (Å²) in [6, 6.07) is 0.439. The van der Waals surface area contributed by atoms with Gasteiger partial charge in [-0.05, 0) is 38.8 Å². The number of nitrogens with two attached hydrogens (primary N) is 1. The summed E-state index contributed by atoms with van der Waals surface area (Å²) in [7, 11) is 0. The number of nitrogens with zero attached hydrogens (tertiary/aromatic N) is 1. The van der Waals surface area contributed by atoms with Crippen LogP contribution in [0.5, 0.6) is 0 Å². The van der Waals surface area contributed by atoms with Crippen molar-refractivity contribution in [2.75, 3.05) is 26.2 Å². The number of likely N-dealkylation sites (tertiary alicyclic amines) is 1. The number of hydrogen-bond donors (Lipinski definition) is 2. The van der Waals surface area contributed by atoms with Crippen LogP contribution in [0.1, 0.15) is 33.1 Å². The molecular formula is C12H25N3O. The van der Waals surface area contributed by atoms with E-state index in [1.165, 1.54) is 12.8 Å². The number of piperidine rings is 1. The summed E-state index contributed by atoms with van der Waals surface area (Å²) >= 11 is 0. The summed E-state index contributed by atoms with van der Waals surface area (Å²) in [6.07, 6.45) is 2.99. The van der Waals surface area contributed by atoms with E-state index in [0.29, 0.717) is 19.0 Å². The smallest absolute Gasteiger partial charge is 0.221 e. The lowest BCUT2D eigenvalue weighted by Crippen LogP contribution is -2.45. The summed E-state index contributed by atoms with van der Waals surface area (Å²) in [6.45, 7) is 7.99. The normalized spacial score (nSPS) is 20.7. The highest BCUT2D eigenvalue weighted by molar-refractivity contribution is 5.76. The van der Waals surface area contributed by atoms with Crippen LogP contribution in [0.15, 0.2) is 0 Å². The Balaban J connectivity index is 2.19. The molecule has 16 heavy (non-hydrogen) atoms. The highest BCUT2D eigenvalue weighted by Gasteiger charge is 2.20. The molecule has 0 radical (unpaired) electrons. The number of carbonyl (C=O) groups excluding carboxylic acids is 1. The van der Waals surface area contributed by atoms with Crippen molar-refractivity contribution in [3.8, 4) is 0 Å². The number of hydrogen-bond acceptors (Lipinski definition) is 3. The Bertz CT molecular complexity index is 212. The van der Waals surface area contributed by atoms with Gasteiger partial charge in [0.2, 0.25) is 5.91 Å². The third kappa shape index (κ3) is 4.49. The van der Waals surface area contributed by atoms with Crippen molar-refractivity contribution in [2.24, 2.45) is 11.7 Å². The van der Waals surface area contributed by atoms with Gasteiger partial charge in [0, 0.05) is 25.6 Å². The highest BCUT2D eigenvalue weighted by Crippen LogP contribution is 2.17. The molecule has 0 saturated carbocycles.